The number of hydrogen-bond acceptors (Lipinski definition) is 3. The molecule has 160 valence electrons. The minimum atomic E-state index is -0.515. The van der Waals surface area contributed by atoms with Crippen LogP contribution in [0.4, 0.5) is 0 Å². The van der Waals surface area contributed by atoms with Gasteiger partial charge in [-0.3, -0.25) is 9.59 Å². The van der Waals surface area contributed by atoms with Gasteiger partial charge in [-0.2, -0.15) is 0 Å². The third-order valence-corrected chi connectivity index (χ3v) is 5.67. The molecular formula is C25H32N2O3. The lowest BCUT2D eigenvalue weighted by Gasteiger charge is -2.31. The molecule has 1 N–H and O–H groups in total. The van der Waals surface area contributed by atoms with Gasteiger partial charge >= 0.3 is 0 Å². The molecule has 1 aliphatic rings. The highest BCUT2D eigenvalue weighted by molar-refractivity contribution is 5.88. The van der Waals surface area contributed by atoms with E-state index in [4.69, 9.17) is 4.74 Å². The molecule has 1 fully saturated rings. The van der Waals surface area contributed by atoms with Crippen LogP contribution >= 0.6 is 0 Å². The topological polar surface area (TPSA) is 58.6 Å². The molecule has 0 spiro atoms. The van der Waals surface area contributed by atoms with Crippen LogP contribution in [0.15, 0.2) is 54.6 Å². The Balaban J connectivity index is 1.74. The summed E-state index contributed by atoms with van der Waals surface area (Å²) < 4.78 is 5.69. The van der Waals surface area contributed by atoms with E-state index in [0.717, 1.165) is 36.8 Å². The predicted octanol–water partition coefficient (Wildman–Crippen LogP) is 4.24. The first-order chi connectivity index (χ1) is 14.6. The lowest BCUT2D eigenvalue weighted by atomic mass is 10.1. The number of benzene rings is 2. The van der Waals surface area contributed by atoms with E-state index in [1.165, 1.54) is 0 Å². The van der Waals surface area contributed by atoms with Crippen molar-refractivity contribution in [1.29, 1.82) is 0 Å². The molecular weight excluding hydrogens is 376 g/mol. The number of nitrogens with one attached hydrogen (secondary N) is 1. The normalized spacial score (nSPS) is 14.9. The van der Waals surface area contributed by atoms with Gasteiger partial charge in [-0.1, -0.05) is 67.8 Å². The maximum Gasteiger partial charge on any atom is 0.261 e. The number of nitrogens with zero attached hydrogens (tertiary/aromatic N) is 1. The van der Waals surface area contributed by atoms with E-state index in [9.17, 15) is 9.59 Å². The molecule has 0 heterocycles. The molecule has 5 nitrogen and oxygen atoms in total. The van der Waals surface area contributed by atoms with E-state index in [-0.39, 0.29) is 24.5 Å². The van der Waals surface area contributed by atoms with Gasteiger partial charge in [0, 0.05) is 12.6 Å². The Labute approximate surface area is 179 Å². The first-order valence-electron chi connectivity index (χ1n) is 10.9. The molecule has 0 aromatic heterocycles. The van der Waals surface area contributed by atoms with Crippen LogP contribution in [0.5, 0.6) is 5.75 Å². The zero-order valence-corrected chi connectivity index (χ0v) is 18.0. The number of para-hydroxylation sites is 1. The molecule has 1 aliphatic carbocycles. The number of hydrogen-bond donors (Lipinski definition) is 1. The predicted molar refractivity (Wildman–Crippen MR) is 118 cm³/mol. The number of carbonyl (C=O) groups is 2. The molecule has 2 aromatic carbocycles. The van der Waals surface area contributed by atoms with Crippen molar-refractivity contribution >= 4 is 11.8 Å². The monoisotopic (exact) mass is 408 g/mol. The second-order valence-electron chi connectivity index (χ2n) is 8.02. The molecule has 3 rings (SSSR count). The Morgan fingerprint density at radius 1 is 1.07 bits per heavy atom. The van der Waals surface area contributed by atoms with Crippen molar-refractivity contribution in [1.82, 2.24) is 10.2 Å². The van der Waals surface area contributed by atoms with Crippen LogP contribution < -0.4 is 10.1 Å². The molecule has 0 aliphatic heterocycles. The molecule has 2 amide bonds. The second-order valence-corrected chi connectivity index (χ2v) is 8.02. The van der Waals surface area contributed by atoms with E-state index in [1.54, 1.807) is 4.90 Å². The Bertz CT molecular complexity index is 814. The Kier molecular flexibility index (Phi) is 7.89. The van der Waals surface area contributed by atoms with Gasteiger partial charge in [0.25, 0.3) is 5.91 Å². The van der Waals surface area contributed by atoms with Crippen molar-refractivity contribution in [2.24, 2.45) is 0 Å². The van der Waals surface area contributed by atoms with Gasteiger partial charge in [0.15, 0.2) is 6.61 Å². The van der Waals surface area contributed by atoms with Gasteiger partial charge in [-0.25, -0.2) is 0 Å². The fourth-order valence-electron chi connectivity index (χ4n) is 3.92. The molecule has 0 saturated heterocycles. The second kappa shape index (κ2) is 10.8. The van der Waals surface area contributed by atoms with Gasteiger partial charge in [0.1, 0.15) is 11.8 Å². The van der Waals surface area contributed by atoms with Gasteiger partial charge in [0.2, 0.25) is 5.91 Å². The third kappa shape index (κ3) is 6.09. The fourth-order valence-corrected chi connectivity index (χ4v) is 3.92. The lowest BCUT2D eigenvalue weighted by Crippen LogP contribution is -2.52. The van der Waals surface area contributed by atoms with Gasteiger partial charge in [-0.15, -0.1) is 0 Å². The van der Waals surface area contributed by atoms with Crippen LogP contribution in [-0.2, 0) is 16.1 Å². The first-order valence-corrected chi connectivity index (χ1v) is 10.9. The van der Waals surface area contributed by atoms with Crippen molar-refractivity contribution in [2.75, 3.05) is 6.61 Å². The zero-order valence-electron chi connectivity index (χ0n) is 18.0. The summed E-state index contributed by atoms with van der Waals surface area (Å²) in [5, 5.41) is 3.16. The minimum Gasteiger partial charge on any atom is -0.484 e. The van der Waals surface area contributed by atoms with Gasteiger partial charge in [-0.05, 0) is 43.9 Å². The van der Waals surface area contributed by atoms with Crippen molar-refractivity contribution < 1.29 is 14.3 Å². The third-order valence-electron chi connectivity index (χ3n) is 5.67. The van der Waals surface area contributed by atoms with Crippen molar-refractivity contribution in [3.05, 3.63) is 65.7 Å². The highest BCUT2D eigenvalue weighted by Crippen LogP contribution is 2.19. The van der Waals surface area contributed by atoms with E-state index < -0.39 is 6.04 Å². The number of aryl methyl sites for hydroxylation is 1. The summed E-state index contributed by atoms with van der Waals surface area (Å²) in [7, 11) is 0. The maximum absolute atomic E-state index is 13.2. The number of rotatable bonds is 9. The Morgan fingerprint density at radius 3 is 2.37 bits per heavy atom. The molecule has 30 heavy (non-hydrogen) atoms. The van der Waals surface area contributed by atoms with Crippen LogP contribution in [0, 0.1) is 6.92 Å². The van der Waals surface area contributed by atoms with E-state index >= 15 is 0 Å². The molecule has 2 aromatic rings. The summed E-state index contributed by atoms with van der Waals surface area (Å²) in [5.41, 5.74) is 2.16. The summed E-state index contributed by atoms with van der Waals surface area (Å²) >= 11 is 0. The summed E-state index contributed by atoms with van der Waals surface area (Å²) in [4.78, 5) is 27.9. The lowest BCUT2D eigenvalue weighted by molar-refractivity contribution is -0.143. The minimum absolute atomic E-state index is 0.0652. The fraction of sp³-hybridized carbons (Fsp3) is 0.440. The SMILES string of the molecule is CC[C@@H](C(=O)NC1CCCC1)N(Cc1ccc(C)cc1)C(=O)COc1ccccc1. The largest absolute Gasteiger partial charge is 0.484 e. The smallest absolute Gasteiger partial charge is 0.261 e. The standard InChI is InChI=1S/C25H32N2O3/c1-3-23(25(29)26-21-9-7-8-10-21)27(17-20-15-13-19(2)14-16-20)24(28)18-30-22-11-5-4-6-12-22/h4-6,11-16,21,23H,3,7-10,17-18H2,1-2H3,(H,26,29)/t23-/m0/s1. The summed E-state index contributed by atoms with van der Waals surface area (Å²) in [6, 6.07) is 17.1. The van der Waals surface area contributed by atoms with Crippen LogP contribution in [0.1, 0.15) is 50.2 Å². The molecule has 0 unspecified atom stereocenters. The van der Waals surface area contributed by atoms with Crippen LogP contribution in [0.25, 0.3) is 0 Å². The maximum atomic E-state index is 13.2. The highest BCUT2D eigenvalue weighted by atomic mass is 16.5. The average Bonchev–Trinajstić information content (AvgIpc) is 3.27. The molecule has 0 radical (unpaired) electrons. The number of ether oxygens (including phenoxy) is 1. The van der Waals surface area contributed by atoms with E-state index in [1.807, 2.05) is 68.4 Å². The molecule has 1 atom stereocenters. The molecule has 0 bridgehead atoms. The molecule has 1 saturated carbocycles. The van der Waals surface area contributed by atoms with Crippen LogP contribution in [-0.4, -0.2) is 35.4 Å². The van der Waals surface area contributed by atoms with E-state index in [0.29, 0.717) is 18.7 Å². The van der Waals surface area contributed by atoms with Crippen LogP contribution in [0.3, 0.4) is 0 Å². The summed E-state index contributed by atoms with van der Waals surface area (Å²) in [5.74, 6) is 0.391. The number of amides is 2. The van der Waals surface area contributed by atoms with Gasteiger partial charge in [0.05, 0.1) is 0 Å². The Hall–Kier alpha value is -2.82. The van der Waals surface area contributed by atoms with Crippen molar-refractivity contribution in [2.45, 2.75) is 64.6 Å². The summed E-state index contributed by atoms with van der Waals surface area (Å²) in [6.07, 6.45) is 4.90. The van der Waals surface area contributed by atoms with Crippen molar-refractivity contribution in [3.63, 3.8) is 0 Å². The Morgan fingerprint density at radius 2 is 1.73 bits per heavy atom. The van der Waals surface area contributed by atoms with Crippen LogP contribution in [0.2, 0.25) is 0 Å². The van der Waals surface area contributed by atoms with Gasteiger partial charge < -0.3 is 15.0 Å². The average molecular weight is 409 g/mol. The molecule has 5 heteroatoms. The quantitative estimate of drug-likeness (QED) is 0.675. The van der Waals surface area contributed by atoms with E-state index in [2.05, 4.69) is 5.32 Å². The van der Waals surface area contributed by atoms with Crippen molar-refractivity contribution in [3.8, 4) is 5.75 Å². The summed E-state index contributed by atoms with van der Waals surface area (Å²) in [6.45, 7) is 4.27. The number of carbonyl (C=O) groups excluding carboxylic acids is 2. The first kappa shape index (κ1) is 21.9. The highest BCUT2D eigenvalue weighted by Gasteiger charge is 2.30. The zero-order chi connectivity index (χ0) is 21.3.